The molecule has 6 heteroatoms. The number of nitrogens with one attached hydrogen (secondary N) is 1. The highest BCUT2D eigenvalue weighted by atomic mass is 35.5. The van der Waals surface area contributed by atoms with Crippen molar-refractivity contribution in [1.82, 2.24) is 0 Å². The zero-order valence-corrected chi connectivity index (χ0v) is 15.5. The molecule has 0 unspecified atom stereocenters. The fourth-order valence-corrected chi connectivity index (χ4v) is 3.11. The molecule has 3 rings (SSSR count). The topological polar surface area (TPSA) is 29.1 Å². The first kappa shape index (κ1) is 20.0. The fraction of sp³-hybridized carbons (Fsp3) is 0.136. The average Bonchev–Trinajstić information content (AvgIpc) is 2.68. The molecule has 0 bridgehead atoms. The zero-order valence-electron chi connectivity index (χ0n) is 14.8. The third-order valence-electron chi connectivity index (χ3n) is 4.32. The molecule has 0 radical (unpaired) electrons. The maximum Gasteiger partial charge on any atom is 0.418 e. The number of benzene rings is 3. The van der Waals surface area contributed by atoms with Crippen LogP contribution in [-0.4, -0.2) is 5.91 Å². The SMILES string of the molecule is O=C(Nc1ccc(Cl)cc1C(F)(F)F)c1ccccc1CCc1ccccc1. The normalized spacial score (nSPS) is 11.3. The van der Waals surface area contributed by atoms with E-state index in [1.807, 2.05) is 36.4 Å². The molecule has 144 valence electrons. The molecule has 28 heavy (non-hydrogen) atoms. The molecule has 0 aliphatic heterocycles. The molecule has 0 aliphatic carbocycles. The number of rotatable bonds is 5. The van der Waals surface area contributed by atoms with E-state index in [9.17, 15) is 18.0 Å². The molecule has 1 amide bonds. The van der Waals surface area contributed by atoms with Crippen molar-refractivity contribution in [1.29, 1.82) is 0 Å². The molecule has 0 saturated carbocycles. The monoisotopic (exact) mass is 403 g/mol. The smallest absolute Gasteiger partial charge is 0.321 e. The minimum absolute atomic E-state index is 0.0476. The van der Waals surface area contributed by atoms with Crippen LogP contribution < -0.4 is 5.32 Å². The Hall–Kier alpha value is -2.79. The van der Waals surface area contributed by atoms with Crippen LogP contribution in [0.1, 0.15) is 27.0 Å². The van der Waals surface area contributed by atoms with Crippen LogP contribution in [0.5, 0.6) is 0 Å². The van der Waals surface area contributed by atoms with Gasteiger partial charge in [-0.15, -0.1) is 0 Å². The van der Waals surface area contributed by atoms with E-state index in [0.29, 0.717) is 12.0 Å². The summed E-state index contributed by atoms with van der Waals surface area (Å²) in [5, 5.41) is 2.33. The summed E-state index contributed by atoms with van der Waals surface area (Å²) >= 11 is 5.69. The number of carbonyl (C=O) groups excluding carboxylic acids is 1. The third-order valence-corrected chi connectivity index (χ3v) is 4.56. The number of aryl methyl sites for hydroxylation is 2. The van der Waals surface area contributed by atoms with Gasteiger partial charge in [-0.1, -0.05) is 60.1 Å². The maximum absolute atomic E-state index is 13.3. The van der Waals surface area contributed by atoms with E-state index < -0.39 is 17.6 Å². The predicted molar refractivity (Wildman–Crippen MR) is 105 cm³/mol. The Morgan fingerprint density at radius 2 is 1.57 bits per heavy atom. The van der Waals surface area contributed by atoms with Gasteiger partial charge >= 0.3 is 6.18 Å². The van der Waals surface area contributed by atoms with Crippen molar-refractivity contribution in [2.45, 2.75) is 19.0 Å². The minimum atomic E-state index is -4.62. The molecule has 3 aromatic carbocycles. The molecule has 1 N–H and O–H groups in total. The number of halogens is 4. The molecular weight excluding hydrogens is 387 g/mol. The van der Waals surface area contributed by atoms with Crippen LogP contribution in [0.25, 0.3) is 0 Å². The summed E-state index contributed by atoms with van der Waals surface area (Å²) in [7, 11) is 0. The lowest BCUT2D eigenvalue weighted by Crippen LogP contribution is -2.18. The molecule has 0 aromatic heterocycles. The Balaban J connectivity index is 1.82. The van der Waals surface area contributed by atoms with E-state index in [2.05, 4.69) is 5.32 Å². The van der Waals surface area contributed by atoms with Gasteiger partial charge in [0.25, 0.3) is 5.91 Å². The number of alkyl halides is 3. The Kier molecular flexibility index (Phi) is 6.05. The molecule has 0 aliphatic rings. The zero-order chi connectivity index (χ0) is 20.1. The van der Waals surface area contributed by atoms with Crippen molar-refractivity contribution in [3.8, 4) is 0 Å². The lowest BCUT2D eigenvalue weighted by atomic mass is 9.99. The number of anilines is 1. The predicted octanol–water partition coefficient (Wildman–Crippen LogP) is 6.40. The van der Waals surface area contributed by atoms with Crippen molar-refractivity contribution in [3.05, 3.63) is 100 Å². The van der Waals surface area contributed by atoms with Crippen LogP contribution in [0.3, 0.4) is 0 Å². The van der Waals surface area contributed by atoms with Gasteiger partial charge in [-0.2, -0.15) is 13.2 Å². The standard InChI is InChI=1S/C22H17ClF3NO/c23-17-12-13-20(19(14-17)22(24,25)26)27-21(28)18-9-5-4-8-16(18)11-10-15-6-2-1-3-7-15/h1-9,12-14H,10-11H2,(H,27,28). The molecule has 0 atom stereocenters. The van der Waals surface area contributed by atoms with Gasteiger partial charge < -0.3 is 5.32 Å². The summed E-state index contributed by atoms with van der Waals surface area (Å²) in [6, 6.07) is 20.0. The maximum atomic E-state index is 13.3. The Morgan fingerprint density at radius 3 is 2.29 bits per heavy atom. The van der Waals surface area contributed by atoms with E-state index in [1.54, 1.807) is 18.2 Å². The van der Waals surface area contributed by atoms with Crippen molar-refractivity contribution < 1.29 is 18.0 Å². The summed E-state index contributed by atoms with van der Waals surface area (Å²) in [5.41, 5.74) is 0.942. The van der Waals surface area contributed by atoms with E-state index in [-0.39, 0.29) is 10.7 Å². The van der Waals surface area contributed by atoms with E-state index in [4.69, 9.17) is 11.6 Å². The van der Waals surface area contributed by atoms with Crippen LogP contribution >= 0.6 is 11.6 Å². The van der Waals surface area contributed by atoms with Crippen LogP contribution in [0, 0.1) is 0 Å². The third kappa shape index (κ3) is 4.93. The van der Waals surface area contributed by atoms with Crippen LogP contribution in [-0.2, 0) is 19.0 Å². The average molecular weight is 404 g/mol. The van der Waals surface area contributed by atoms with Crippen molar-refractivity contribution in [2.75, 3.05) is 5.32 Å². The van der Waals surface area contributed by atoms with E-state index >= 15 is 0 Å². The second kappa shape index (κ2) is 8.48. The van der Waals surface area contributed by atoms with Gasteiger partial charge in [0.2, 0.25) is 0 Å². The van der Waals surface area contributed by atoms with Crippen LogP contribution in [0.2, 0.25) is 5.02 Å². The number of hydrogen-bond donors (Lipinski definition) is 1. The highest BCUT2D eigenvalue weighted by molar-refractivity contribution is 6.30. The van der Waals surface area contributed by atoms with Gasteiger partial charge in [-0.3, -0.25) is 4.79 Å². The fourth-order valence-electron chi connectivity index (χ4n) is 2.93. The first-order chi connectivity index (χ1) is 13.3. The molecule has 0 saturated heterocycles. The van der Waals surface area contributed by atoms with Crippen molar-refractivity contribution in [2.24, 2.45) is 0 Å². The van der Waals surface area contributed by atoms with E-state index in [0.717, 1.165) is 29.7 Å². The molecule has 0 heterocycles. The summed E-state index contributed by atoms with van der Waals surface area (Å²) in [4.78, 5) is 12.7. The number of carbonyl (C=O) groups is 1. The van der Waals surface area contributed by atoms with Crippen molar-refractivity contribution in [3.63, 3.8) is 0 Å². The molecule has 2 nitrogen and oxygen atoms in total. The molecule has 0 fully saturated rings. The van der Waals surface area contributed by atoms with Gasteiger partial charge in [0, 0.05) is 10.6 Å². The first-order valence-corrected chi connectivity index (χ1v) is 9.02. The lowest BCUT2D eigenvalue weighted by molar-refractivity contribution is -0.136. The minimum Gasteiger partial charge on any atom is -0.321 e. The van der Waals surface area contributed by atoms with Gasteiger partial charge in [-0.05, 0) is 48.2 Å². The van der Waals surface area contributed by atoms with Crippen LogP contribution in [0.4, 0.5) is 18.9 Å². The second-order valence-corrected chi connectivity index (χ2v) is 6.72. The quantitative estimate of drug-likeness (QED) is 0.525. The highest BCUT2D eigenvalue weighted by Crippen LogP contribution is 2.36. The van der Waals surface area contributed by atoms with Gasteiger partial charge in [0.1, 0.15) is 0 Å². The largest absolute Gasteiger partial charge is 0.418 e. The second-order valence-electron chi connectivity index (χ2n) is 6.28. The summed E-state index contributed by atoms with van der Waals surface area (Å²) in [6.45, 7) is 0. The first-order valence-electron chi connectivity index (χ1n) is 8.64. The number of amides is 1. The van der Waals surface area contributed by atoms with Crippen LogP contribution in [0.15, 0.2) is 72.8 Å². The number of hydrogen-bond acceptors (Lipinski definition) is 1. The van der Waals surface area contributed by atoms with Gasteiger partial charge in [0.05, 0.1) is 11.3 Å². The highest BCUT2D eigenvalue weighted by Gasteiger charge is 2.34. The molecule has 3 aromatic rings. The van der Waals surface area contributed by atoms with E-state index in [1.165, 1.54) is 6.07 Å². The Bertz CT molecular complexity index is 971. The lowest BCUT2D eigenvalue weighted by Gasteiger charge is -2.15. The summed E-state index contributed by atoms with van der Waals surface area (Å²) in [5.74, 6) is -0.587. The summed E-state index contributed by atoms with van der Waals surface area (Å²) < 4.78 is 39.8. The van der Waals surface area contributed by atoms with Gasteiger partial charge in [-0.25, -0.2) is 0 Å². The molecule has 0 spiro atoms. The Morgan fingerprint density at radius 1 is 0.893 bits per heavy atom. The van der Waals surface area contributed by atoms with Gasteiger partial charge in [0.15, 0.2) is 0 Å². The summed E-state index contributed by atoms with van der Waals surface area (Å²) in [6.07, 6.45) is -3.30. The Labute approximate surface area is 166 Å². The molecular formula is C22H17ClF3NO. The van der Waals surface area contributed by atoms with Crippen molar-refractivity contribution >= 4 is 23.2 Å².